The van der Waals surface area contributed by atoms with Crippen LogP contribution >= 0.6 is 7.60 Å². The summed E-state index contributed by atoms with van der Waals surface area (Å²) in [4.78, 5) is 12.3. The van der Waals surface area contributed by atoms with Crippen molar-refractivity contribution in [3.63, 3.8) is 0 Å². The molecule has 0 N–H and O–H groups in total. The topological polar surface area (TPSA) is 71.1 Å². The van der Waals surface area contributed by atoms with Crippen LogP contribution in [-0.4, -0.2) is 31.6 Å². The highest BCUT2D eigenvalue weighted by Gasteiger charge is 2.44. The van der Waals surface area contributed by atoms with Crippen molar-refractivity contribution in [3.05, 3.63) is 48.6 Å². The van der Waals surface area contributed by atoms with Crippen molar-refractivity contribution in [1.29, 1.82) is 0 Å². The first-order valence-corrected chi connectivity index (χ1v) is 9.51. The molecule has 1 aromatic rings. The molecule has 0 heterocycles. The lowest BCUT2D eigenvalue weighted by molar-refractivity contribution is -0.154. The van der Waals surface area contributed by atoms with E-state index >= 15 is 0 Å². The van der Waals surface area contributed by atoms with Gasteiger partial charge >= 0.3 is 13.6 Å². The number of ether oxygens (including phenoxy) is 2. The molecule has 0 saturated heterocycles. The highest BCUT2D eigenvalue weighted by Crippen LogP contribution is 2.55. The largest absolute Gasteiger partial charge is 0.464 e. The molecule has 0 spiro atoms. The standard InChI is InChI=1S/C17H25O6P/c1-5-15(14-12-10-9-11-13-14)23-17(16(18)20-6-2)24(19,21-7-3)22-8-4/h5,9-13,15,17H,1,6-8H2,2-4H3. The average Bonchev–Trinajstić information content (AvgIpc) is 2.57. The monoisotopic (exact) mass is 356 g/mol. The molecule has 0 aliphatic heterocycles. The second-order valence-corrected chi connectivity index (χ2v) is 6.75. The third-order valence-corrected chi connectivity index (χ3v) is 5.15. The third kappa shape index (κ3) is 5.56. The molecule has 2 atom stereocenters. The number of hydrogen-bond donors (Lipinski definition) is 0. The van der Waals surface area contributed by atoms with Gasteiger partial charge in [0, 0.05) is 0 Å². The summed E-state index contributed by atoms with van der Waals surface area (Å²) >= 11 is 0. The molecule has 0 aliphatic carbocycles. The lowest BCUT2D eigenvalue weighted by atomic mass is 10.1. The number of hydrogen-bond acceptors (Lipinski definition) is 6. The average molecular weight is 356 g/mol. The molecule has 24 heavy (non-hydrogen) atoms. The fourth-order valence-electron chi connectivity index (χ4n) is 2.06. The van der Waals surface area contributed by atoms with Crippen molar-refractivity contribution in [1.82, 2.24) is 0 Å². The van der Waals surface area contributed by atoms with Crippen LogP contribution in [0.5, 0.6) is 0 Å². The summed E-state index contributed by atoms with van der Waals surface area (Å²) in [6, 6.07) is 9.16. The fourth-order valence-corrected chi connectivity index (χ4v) is 3.74. The highest BCUT2D eigenvalue weighted by atomic mass is 31.2. The zero-order valence-electron chi connectivity index (χ0n) is 14.3. The van der Waals surface area contributed by atoms with Gasteiger partial charge in [0.15, 0.2) is 0 Å². The van der Waals surface area contributed by atoms with E-state index in [0.29, 0.717) is 0 Å². The van der Waals surface area contributed by atoms with Gasteiger partial charge in [-0.2, -0.15) is 0 Å². The van der Waals surface area contributed by atoms with E-state index in [4.69, 9.17) is 18.5 Å². The zero-order chi connectivity index (χ0) is 18.0. The number of carbonyl (C=O) groups is 1. The van der Waals surface area contributed by atoms with Crippen molar-refractivity contribution >= 4 is 13.6 Å². The van der Waals surface area contributed by atoms with Crippen molar-refractivity contribution in [2.45, 2.75) is 32.7 Å². The SMILES string of the molecule is C=CC(OC(C(=O)OCC)P(=O)(OCC)OCC)c1ccccc1. The molecule has 6 nitrogen and oxygen atoms in total. The minimum atomic E-state index is -3.85. The van der Waals surface area contributed by atoms with E-state index in [2.05, 4.69) is 6.58 Å². The van der Waals surface area contributed by atoms with Gasteiger partial charge in [0.25, 0.3) is 5.85 Å². The molecule has 0 aromatic heterocycles. The van der Waals surface area contributed by atoms with Gasteiger partial charge in [-0.15, -0.1) is 6.58 Å². The van der Waals surface area contributed by atoms with Crippen LogP contribution in [0.2, 0.25) is 0 Å². The van der Waals surface area contributed by atoms with Crippen LogP contribution in [0.25, 0.3) is 0 Å². The summed E-state index contributed by atoms with van der Waals surface area (Å²) in [6.45, 7) is 9.05. The lowest BCUT2D eigenvalue weighted by Gasteiger charge is -2.27. The van der Waals surface area contributed by atoms with E-state index in [1.807, 2.05) is 30.3 Å². The molecule has 0 fully saturated rings. The first-order chi connectivity index (χ1) is 11.5. The van der Waals surface area contributed by atoms with E-state index in [0.717, 1.165) is 5.56 Å². The Balaban J connectivity index is 3.14. The molecule has 0 aliphatic rings. The minimum absolute atomic E-state index is 0.112. The van der Waals surface area contributed by atoms with E-state index < -0.39 is 25.5 Å². The van der Waals surface area contributed by atoms with Crippen LogP contribution in [0, 0.1) is 0 Å². The van der Waals surface area contributed by atoms with Crippen molar-refractivity contribution in [3.8, 4) is 0 Å². The number of carbonyl (C=O) groups excluding carboxylic acids is 1. The first kappa shape index (κ1) is 20.6. The first-order valence-electron chi connectivity index (χ1n) is 7.90. The maximum absolute atomic E-state index is 13.0. The highest BCUT2D eigenvalue weighted by molar-refractivity contribution is 7.55. The Morgan fingerprint density at radius 1 is 1.12 bits per heavy atom. The van der Waals surface area contributed by atoms with Crippen LogP contribution in [0.4, 0.5) is 0 Å². The fraction of sp³-hybridized carbons (Fsp3) is 0.471. The summed E-state index contributed by atoms with van der Waals surface area (Å²) in [5, 5.41) is 0. The second-order valence-electron chi connectivity index (χ2n) is 4.68. The Bertz CT molecular complexity index is 549. The molecule has 0 bridgehead atoms. The van der Waals surface area contributed by atoms with Crippen molar-refractivity contribution < 1.29 is 27.9 Å². The zero-order valence-corrected chi connectivity index (χ0v) is 15.2. The molecule has 134 valence electrons. The molecule has 0 amide bonds. The Morgan fingerprint density at radius 3 is 2.17 bits per heavy atom. The molecule has 0 saturated carbocycles. The van der Waals surface area contributed by atoms with Gasteiger partial charge in [-0.3, -0.25) is 4.57 Å². The molecule has 0 radical (unpaired) electrons. The minimum Gasteiger partial charge on any atom is -0.464 e. The number of rotatable bonds is 11. The smallest absolute Gasteiger partial charge is 0.370 e. The van der Waals surface area contributed by atoms with Crippen LogP contribution in [0.15, 0.2) is 43.0 Å². The summed E-state index contributed by atoms with van der Waals surface area (Å²) in [6.07, 6.45) is 0.860. The van der Waals surface area contributed by atoms with Crippen molar-refractivity contribution in [2.75, 3.05) is 19.8 Å². The molecule has 1 aromatic carbocycles. The molecule has 2 unspecified atom stereocenters. The summed E-state index contributed by atoms with van der Waals surface area (Å²) in [5.41, 5.74) is 0.765. The van der Waals surface area contributed by atoms with Gasteiger partial charge in [-0.25, -0.2) is 4.79 Å². The molecular formula is C17H25O6P. The van der Waals surface area contributed by atoms with Crippen molar-refractivity contribution in [2.24, 2.45) is 0 Å². The van der Waals surface area contributed by atoms with Gasteiger partial charge in [-0.1, -0.05) is 36.4 Å². The van der Waals surface area contributed by atoms with Gasteiger partial charge in [0.1, 0.15) is 6.10 Å². The van der Waals surface area contributed by atoms with E-state index in [9.17, 15) is 9.36 Å². The van der Waals surface area contributed by atoms with E-state index in [-0.39, 0.29) is 19.8 Å². The maximum Gasteiger partial charge on any atom is 0.370 e. The predicted octanol–water partition coefficient (Wildman–Crippen LogP) is 4.09. The summed E-state index contributed by atoms with van der Waals surface area (Å²) in [7, 11) is -3.85. The molecular weight excluding hydrogens is 331 g/mol. The Hall–Kier alpha value is -1.46. The third-order valence-electron chi connectivity index (χ3n) is 3.01. The van der Waals surface area contributed by atoms with Gasteiger partial charge in [0.2, 0.25) is 0 Å². The predicted molar refractivity (Wildman–Crippen MR) is 91.7 cm³/mol. The normalized spacial score (nSPS) is 14.0. The molecule has 1 rings (SSSR count). The van der Waals surface area contributed by atoms with Crippen LogP contribution < -0.4 is 0 Å². The summed E-state index contributed by atoms with van der Waals surface area (Å²) in [5.74, 6) is -2.27. The Kier molecular flexibility index (Phi) is 8.93. The maximum atomic E-state index is 13.0. The van der Waals surface area contributed by atoms with Crippen LogP contribution in [0.1, 0.15) is 32.4 Å². The number of benzene rings is 1. The Morgan fingerprint density at radius 2 is 1.71 bits per heavy atom. The van der Waals surface area contributed by atoms with E-state index in [1.54, 1.807) is 20.8 Å². The van der Waals surface area contributed by atoms with Crippen LogP contribution in [0.3, 0.4) is 0 Å². The summed E-state index contributed by atoms with van der Waals surface area (Å²) < 4.78 is 34.3. The second kappa shape index (κ2) is 10.4. The quantitative estimate of drug-likeness (QED) is 0.338. The lowest BCUT2D eigenvalue weighted by Crippen LogP contribution is -2.30. The Labute approximate surface area is 143 Å². The van der Waals surface area contributed by atoms with Gasteiger partial charge in [-0.05, 0) is 26.3 Å². The van der Waals surface area contributed by atoms with Crippen LogP contribution in [-0.2, 0) is 27.9 Å². The van der Waals surface area contributed by atoms with Gasteiger partial charge < -0.3 is 18.5 Å². The van der Waals surface area contributed by atoms with Gasteiger partial charge in [0.05, 0.1) is 19.8 Å². The molecule has 7 heteroatoms. The number of esters is 1. The van der Waals surface area contributed by atoms with E-state index in [1.165, 1.54) is 6.08 Å².